The summed E-state index contributed by atoms with van der Waals surface area (Å²) in [5, 5.41) is 3.12. The second kappa shape index (κ2) is 5.36. The highest BCUT2D eigenvalue weighted by Crippen LogP contribution is 2.13. The first kappa shape index (κ1) is 11.5. The largest absolute Gasteiger partial charge is 0.469 e. The summed E-state index contributed by atoms with van der Waals surface area (Å²) in [7, 11) is 1.23. The molecule has 0 heterocycles. The van der Waals surface area contributed by atoms with Gasteiger partial charge in [-0.25, -0.2) is 0 Å². The summed E-state index contributed by atoms with van der Waals surface area (Å²) in [5.41, 5.74) is 0.591. The highest BCUT2D eigenvalue weighted by Gasteiger charge is 2.08. The van der Waals surface area contributed by atoms with Gasteiger partial charge < -0.3 is 10.1 Å². The fraction of sp³-hybridized carbons (Fsp3) is 0.200. The van der Waals surface area contributed by atoms with E-state index in [0.29, 0.717) is 10.7 Å². The Kier molecular flexibility index (Phi) is 4.12. The van der Waals surface area contributed by atoms with Crippen molar-refractivity contribution in [3.63, 3.8) is 0 Å². The van der Waals surface area contributed by atoms with Crippen molar-refractivity contribution in [3.8, 4) is 0 Å². The van der Waals surface area contributed by atoms with Crippen molar-refractivity contribution in [2.75, 3.05) is 12.4 Å². The molecule has 1 rings (SSSR count). The van der Waals surface area contributed by atoms with Gasteiger partial charge in [-0.05, 0) is 24.3 Å². The standard InChI is InChI=1S/C10H10ClNO3/c1-15-10(14)6-9(13)12-8-4-2-7(11)3-5-8/h2-5H,6H2,1H3,(H,12,13). The zero-order chi connectivity index (χ0) is 11.3. The molecule has 0 aliphatic rings. The topological polar surface area (TPSA) is 55.4 Å². The van der Waals surface area contributed by atoms with E-state index in [9.17, 15) is 9.59 Å². The minimum absolute atomic E-state index is 0.293. The predicted octanol–water partition coefficient (Wildman–Crippen LogP) is 1.84. The van der Waals surface area contributed by atoms with Crippen molar-refractivity contribution in [1.29, 1.82) is 0 Å². The molecule has 0 fully saturated rings. The van der Waals surface area contributed by atoms with Crippen LogP contribution >= 0.6 is 11.6 Å². The molecule has 0 unspecified atom stereocenters. The van der Waals surface area contributed by atoms with Crippen molar-refractivity contribution in [2.45, 2.75) is 6.42 Å². The van der Waals surface area contributed by atoms with Crippen LogP contribution < -0.4 is 5.32 Å². The molecule has 0 radical (unpaired) electrons. The first-order chi connectivity index (χ1) is 7.11. The third-order valence-corrected chi connectivity index (χ3v) is 1.91. The van der Waals surface area contributed by atoms with Gasteiger partial charge in [0.05, 0.1) is 7.11 Å². The molecule has 1 aromatic rings. The number of hydrogen-bond acceptors (Lipinski definition) is 3. The molecule has 80 valence electrons. The van der Waals surface area contributed by atoms with Gasteiger partial charge >= 0.3 is 5.97 Å². The number of carbonyl (C=O) groups excluding carboxylic acids is 2. The summed E-state index contributed by atoms with van der Waals surface area (Å²) in [6, 6.07) is 6.60. The second-order valence-corrected chi connectivity index (χ2v) is 3.24. The first-order valence-electron chi connectivity index (χ1n) is 4.24. The van der Waals surface area contributed by atoms with Crippen molar-refractivity contribution in [3.05, 3.63) is 29.3 Å². The number of methoxy groups -OCH3 is 1. The number of halogens is 1. The molecule has 0 saturated heterocycles. The Bertz CT molecular complexity index is 361. The van der Waals surface area contributed by atoms with E-state index in [-0.39, 0.29) is 6.42 Å². The zero-order valence-electron chi connectivity index (χ0n) is 8.12. The van der Waals surface area contributed by atoms with E-state index in [1.54, 1.807) is 24.3 Å². The molecule has 1 N–H and O–H groups in total. The Balaban J connectivity index is 2.51. The Morgan fingerprint density at radius 3 is 2.47 bits per heavy atom. The highest BCUT2D eigenvalue weighted by atomic mass is 35.5. The monoisotopic (exact) mass is 227 g/mol. The molecule has 1 amide bonds. The van der Waals surface area contributed by atoms with Crippen LogP contribution in [0.1, 0.15) is 6.42 Å². The van der Waals surface area contributed by atoms with E-state index in [4.69, 9.17) is 11.6 Å². The van der Waals surface area contributed by atoms with Gasteiger partial charge in [0.15, 0.2) is 0 Å². The second-order valence-electron chi connectivity index (χ2n) is 2.81. The van der Waals surface area contributed by atoms with Crippen LogP contribution in [-0.2, 0) is 14.3 Å². The highest BCUT2D eigenvalue weighted by molar-refractivity contribution is 6.30. The first-order valence-corrected chi connectivity index (χ1v) is 4.62. The Morgan fingerprint density at radius 2 is 1.93 bits per heavy atom. The summed E-state index contributed by atoms with van der Waals surface area (Å²) in [6.45, 7) is 0. The maximum absolute atomic E-state index is 11.2. The predicted molar refractivity (Wildman–Crippen MR) is 56.7 cm³/mol. The quantitative estimate of drug-likeness (QED) is 0.633. The molecular formula is C10H10ClNO3. The molecule has 0 aliphatic heterocycles. The van der Waals surface area contributed by atoms with E-state index >= 15 is 0 Å². The lowest BCUT2D eigenvalue weighted by molar-refractivity contribution is -0.142. The van der Waals surface area contributed by atoms with Gasteiger partial charge in [0, 0.05) is 10.7 Å². The zero-order valence-corrected chi connectivity index (χ0v) is 8.88. The van der Waals surface area contributed by atoms with Gasteiger partial charge in [-0.2, -0.15) is 0 Å². The molecule has 0 spiro atoms. The maximum atomic E-state index is 11.2. The van der Waals surface area contributed by atoms with Crippen LogP contribution in [0.15, 0.2) is 24.3 Å². The molecule has 0 aliphatic carbocycles. The van der Waals surface area contributed by atoms with Crippen molar-refractivity contribution in [2.24, 2.45) is 0 Å². The van der Waals surface area contributed by atoms with Crippen LogP contribution in [0.2, 0.25) is 5.02 Å². The fourth-order valence-electron chi connectivity index (χ4n) is 0.942. The van der Waals surface area contributed by atoms with Crippen molar-refractivity contribution < 1.29 is 14.3 Å². The molecule has 5 heteroatoms. The van der Waals surface area contributed by atoms with Gasteiger partial charge in [-0.3, -0.25) is 9.59 Å². The lowest BCUT2D eigenvalue weighted by Gasteiger charge is -2.03. The number of esters is 1. The summed E-state index contributed by atoms with van der Waals surface area (Å²) < 4.78 is 4.36. The van der Waals surface area contributed by atoms with Gasteiger partial charge in [-0.15, -0.1) is 0 Å². The number of nitrogens with one attached hydrogen (secondary N) is 1. The third kappa shape index (κ3) is 3.99. The van der Waals surface area contributed by atoms with Gasteiger partial charge in [0.25, 0.3) is 0 Å². The lowest BCUT2D eigenvalue weighted by atomic mass is 10.3. The van der Waals surface area contributed by atoms with Crippen LogP contribution in [0.4, 0.5) is 5.69 Å². The van der Waals surface area contributed by atoms with Crippen LogP contribution in [0.5, 0.6) is 0 Å². The lowest BCUT2D eigenvalue weighted by Crippen LogP contribution is -2.17. The van der Waals surface area contributed by atoms with Gasteiger partial charge in [0.1, 0.15) is 6.42 Å². The van der Waals surface area contributed by atoms with Crippen LogP contribution in [0, 0.1) is 0 Å². The molecule has 0 atom stereocenters. The number of carbonyl (C=O) groups is 2. The van der Waals surface area contributed by atoms with E-state index in [1.807, 2.05) is 0 Å². The van der Waals surface area contributed by atoms with Gasteiger partial charge in [-0.1, -0.05) is 11.6 Å². The van der Waals surface area contributed by atoms with Crippen LogP contribution in [0.3, 0.4) is 0 Å². The maximum Gasteiger partial charge on any atom is 0.315 e. The van der Waals surface area contributed by atoms with Crippen molar-refractivity contribution in [1.82, 2.24) is 0 Å². The van der Waals surface area contributed by atoms with Crippen LogP contribution in [0.25, 0.3) is 0 Å². The van der Waals surface area contributed by atoms with E-state index < -0.39 is 11.9 Å². The number of benzene rings is 1. The molecule has 15 heavy (non-hydrogen) atoms. The molecule has 0 aromatic heterocycles. The molecule has 1 aromatic carbocycles. The van der Waals surface area contributed by atoms with Gasteiger partial charge in [0.2, 0.25) is 5.91 Å². The Labute approximate surface area is 92.2 Å². The minimum Gasteiger partial charge on any atom is -0.469 e. The minimum atomic E-state index is -0.568. The average molecular weight is 228 g/mol. The number of ether oxygens (including phenoxy) is 1. The smallest absolute Gasteiger partial charge is 0.315 e. The van der Waals surface area contributed by atoms with Crippen LogP contribution in [-0.4, -0.2) is 19.0 Å². The number of anilines is 1. The SMILES string of the molecule is COC(=O)CC(=O)Nc1ccc(Cl)cc1. The molecular weight excluding hydrogens is 218 g/mol. The molecule has 4 nitrogen and oxygen atoms in total. The van der Waals surface area contributed by atoms with E-state index in [1.165, 1.54) is 7.11 Å². The summed E-state index contributed by atoms with van der Waals surface area (Å²) in [6.07, 6.45) is -0.293. The average Bonchev–Trinajstić information content (AvgIpc) is 2.21. The van der Waals surface area contributed by atoms with E-state index in [0.717, 1.165) is 0 Å². The Morgan fingerprint density at radius 1 is 1.33 bits per heavy atom. The summed E-state index contributed by atoms with van der Waals surface area (Å²) in [4.78, 5) is 22.0. The molecule has 0 saturated carbocycles. The third-order valence-electron chi connectivity index (χ3n) is 1.66. The summed E-state index contributed by atoms with van der Waals surface area (Å²) >= 11 is 5.67. The number of amides is 1. The number of rotatable bonds is 3. The number of hydrogen-bond donors (Lipinski definition) is 1. The normalized spacial score (nSPS) is 9.47. The fourth-order valence-corrected chi connectivity index (χ4v) is 1.07. The molecule has 0 bridgehead atoms. The summed E-state index contributed by atoms with van der Waals surface area (Å²) in [5.74, 6) is -0.981. The van der Waals surface area contributed by atoms with E-state index in [2.05, 4.69) is 10.1 Å². The van der Waals surface area contributed by atoms with Crippen molar-refractivity contribution >= 4 is 29.2 Å². The Hall–Kier alpha value is -1.55.